The summed E-state index contributed by atoms with van der Waals surface area (Å²) in [6.07, 6.45) is 0. The van der Waals surface area contributed by atoms with E-state index in [1.165, 1.54) is 13.0 Å². The zero-order valence-electron chi connectivity index (χ0n) is 11.1. The molecule has 0 aliphatic rings. The van der Waals surface area contributed by atoms with E-state index in [4.69, 9.17) is 0 Å². The molecular formula is C15H15FN2O. The Bertz CT molecular complexity index is 608. The van der Waals surface area contributed by atoms with Crippen LogP contribution in [0, 0.1) is 19.7 Å². The van der Waals surface area contributed by atoms with Gasteiger partial charge in [-0.25, -0.2) is 4.39 Å². The van der Waals surface area contributed by atoms with E-state index in [1.807, 2.05) is 13.0 Å². The number of Topliss-reactive ketones (excluding diaryl/α,β-unsaturated/α-hetero) is 1. The number of nitrogens with zero attached hydrogens (tertiary/aromatic N) is 2. The molecule has 0 bridgehead atoms. The number of halogens is 1. The second-order valence-corrected chi connectivity index (χ2v) is 4.65. The maximum Gasteiger partial charge on any atom is 0.143 e. The fraction of sp³-hybridized carbons (Fsp3) is 0.267. The molecule has 1 unspecified atom stereocenters. The van der Waals surface area contributed by atoms with Crippen molar-refractivity contribution in [3.63, 3.8) is 0 Å². The van der Waals surface area contributed by atoms with E-state index >= 15 is 0 Å². The summed E-state index contributed by atoms with van der Waals surface area (Å²) in [7, 11) is 0. The van der Waals surface area contributed by atoms with Gasteiger partial charge < -0.3 is 0 Å². The SMILES string of the molecule is CC(=O)C(c1ccc(F)c(C)c1)c1ccc(C)nn1. The Hall–Kier alpha value is -2.10. The zero-order valence-corrected chi connectivity index (χ0v) is 11.1. The van der Waals surface area contributed by atoms with Crippen LogP contribution in [-0.2, 0) is 4.79 Å². The number of ketones is 1. The van der Waals surface area contributed by atoms with E-state index in [0.717, 1.165) is 11.3 Å². The van der Waals surface area contributed by atoms with E-state index in [1.54, 1.807) is 25.1 Å². The van der Waals surface area contributed by atoms with Crippen LogP contribution in [0.5, 0.6) is 0 Å². The summed E-state index contributed by atoms with van der Waals surface area (Å²) in [6.45, 7) is 5.02. The van der Waals surface area contributed by atoms with E-state index < -0.39 is 5.92 Å². The van der Waals surface area contributed by atoms with Gasteiger partial charge in [0.1, 0.15) is 11.6 Å². The molecule has 0 saturated heterocycles. The van der Waals surface area contributed by atoms with Gasteiger partial charge in [-0.2, -0.15) is 10.2 Å². The molecular weight excluding hydrogens is 243 g/mol. The molecule has 1 aromatic heterocycles. The van der Waals surface area contributed by atoms with Gasteiger partial charge in [-0.3, -0.25) is 4.79 Å². The molecule has 0 radical (unpaired) electrons. The van der Waals surface area contributed by atoms with Gasteiger partial charge in [-0.1, -0.05) is 12.1 Å². The summed E-state index contributed by atoms with van der Waals surface area (Å²) < 4.78 is 13.3. The molecule has 0 N–H and O–H groups in total. The highest BCUT2D eigenvalue weighted by molar-refractivity contribution is 5.86. The third-order valence-corrected chi connectivity index (χ3v) is 3.04. The standard InChI is InChI=1S/C15H15FN2O/c1-9-8-12(5-6-13(9)16)15(11(3)19)14-7-4-10(2)17-18-14/h4-8,15H,1-3H3. The van der Waals surface area contributed by atoms with E-state index in [-0.39, 0.29) is 11.6 Å². The van der Waals surface area contributed by atoms with Gasteiger partial charge in [-0.05, 0) is 50.1 Å². The van der Waals surface area contributed by atoms with E-state index in [0.29, 0.717) is 11.3 Å². The van der Waals surface area contributed by atoms with Crippen LogP contribution in [0.4, 0.5) is 4.39 Å². The van der Waals surface area contributed by atoms with Crippen molar-refractivity contribution in [2.45, 2.75) is 26.7 Å². The molecule has 1 aromatic carbocycles. The van der Waals surface area contributed by atoms with Crippen LogP contribution in [0.2, 0.25) is 0 Å². The molecule has 0 saturated carbocycles. The van der Waals surface area contributed by atoms with Gasteiger partial charge in [0.25, 0.3) is 0 Å². The average Bonchev–Trinajstić information content (AvgIpc) is 2.36. The van der Waals surface area contributed by atoms with Crippen LogP contribution in [0.1, 0.15) is 35.4 Å². The highest BCUT2D eigenvalue weighted by Gasteiger charge is 2.21. The molecule has 2 aromatic rings. The number of aromatic nitrogens is 2. The van der Waals surface area contributed by atoms with Crippen LogP contribution in [0.25, 0.3) is 0 Å². The molecule has 1 heterocycles. The first-order chi connectivity index (χ1) is 8.99. The zero-order chi connectivity index (χ0) is 14.0. The Labute approximate surface area is 111 Å². The lowest BCUT2D eigenvalue weighted by Gasteiger charge is -2.14. The van der Waals surface area contributed by atoms with E-state index in [9.17, 15) is 9.18 Å². The molecule has 1 atom stereocenters. The minimum absolute atomic E-state index is 0.0378. The summed E-state index contributed by atoms with van der Waals surface area (Å²) in [5, 5.41) is 8.04. The highest BCUT2D eigenvalue weighted by Crippen LogP contribution is 2.25. The molecule has 0 spiro atoms. The fourth-order valence-electron chi connectivity index (χ4n) is 2.02. The average molecular weight is 258 g/mol. The van der Waals surface area contributed by atoms with Crippen molar-refractivity contribution < 1.29 is 9.18 Å². The van der Waals surface area contributed by atoms with Crippen molar-refractivity contribution in [2.24, 2.45) is 0 Å². The van der Waals surface area contributed by atoms with Crippen LogP contribution >= 0.6 is 0 Å². The number of carbonyl (C=O) groups is 1. The maximum atomic E-state index is 13.3. The summed E-state index contributed by atoms with van der Waals surface area (Å²) in [6, 6.07) is 8.28. The van der Waals surface area contributed by atoms with E-state index in [2.05, 4.69) is 10.2 Å². The van der Waals surface area contributed by atoms with Crippen LogP contribution in [-0.4, -0.2) is 16.0 Å². The Morgan fingerprint density at radius 3 is 2.42 bits per heavy atom. The van der Waals surface area contributed by atoms with Crippen molar-refractivity contribution in [3.05, 3.63) is 58.7 Å². The smallest absolute Gasteiger partial charge is 0.143 e. The number of benzene rings is 1. The molecule has 0 amide bonds. The first kappa shape index (κ1) is 13.3. The summed E-state index contributed by atoms with van der Waals surface area (Å²) in [5.41, 5.74) is 2.64. The topological polar surface area (TPSA) is 42.9 Å². The van der Waals surface area contributed by atoms with Crippen molar-refractivity contribution in [1.82, 2.24) is 10.2 Å². The number of aryl methyl sites for hydroxylation is 2. The second kappa shape index (κ2) is 5.26. The minimum atomic E-state index is -0.493. The van der Waals surface area contributed by atoms with Crippen LogP contribution < -0.4 is 0 Å². The third kappa shape index (κ3) is 2.84. The lowest BCUT2D eigenvalue weighted by molar-refractivity contribution is -0.117. The molecule has 98 valence electrons. The maximum absolute atomic E-state index is 13.3. The Morgan fingerprint density at radius 1 is 1.16 bits per heavy atom. The first-order valence-corrected chi connectivity index (χ1v) is 6.06. The van der Waals surface area contributed by atoms with Crippen LogP contribution in [0.15, 0.2) is 30.3 Å². The van der Waals surface area contributed by atoms with Gasteiger partial charge in [0.05, 0.1) is 17.3 Å². The Balaban J connectivity index is 2.48. The van der Waals surface area contributed by atoms with Gasteiger partial charge in [-0.15, -0.1) is 0 Å². The van der Waals surface area contributed by atoms with Crippen LogP contribution in [0.3, 0.4) is 0 Å². The summed E-state index contributed by atoms with van der Waals surface area (Å²) in [5.74, 6) is -0.808. The van der Waals surface area contributed by atoms with Crippen molar-refractivity contribution in [1.29, 1.82) is 0 Å². The number of carbonyl (C=O) groups excluding carboxylic acids is 1. The van der Waals surface area contributed by atoms with Crippen molar-refractivity contribution >= 4 is 5.78 Å². The summed E-state index contributed by atoms with van der Waals surface area (Å²) in [4.78, 5) is 11.9. The first-order valence-electron chi connectivity index (χ1n) is 6.06. The normalized spacial score (nSPS) is 12.2. The monoisotopic (exact) mass is 258 g/mol. The highest BCUT2D eigenvalue weighted by atomic mass is 19.1. The van der Waals surface area contributed by atoms with Crippen molar-refractivity contribution in [2.75, 3.05) is 0 Å². The number of hydrogen-bond donors (Lipinski definition) is 0. The molecule has 19 heavy (non-hydrogen) atoms. The third-order valence-electron chi connectivity index (χ3n) is 3.04. The molecule has 3 nitrogen and oxygen atoms in total. The predicted molar refractivity (Wildman–Crippen MR) is 70.4 cm³/mol. The lowest BCUT2D eigenvalue weighted by atomic mass is 9.91. The van der Waals surface area contributed by atoms with Gasteiger partial charge in [0, 0.05) is 0 Å². The molecule has 2 rings (SSSR count). The van der Waals surface area contributed by atoms with Gasteiger partial charge in [0.15, 0.2) is 0 Å². The quantitative estimate of drug-likeness (QED) is 0.850. The second-order valence-electron chi connectivity index (χ2n) is 4.65. The predicted octanol–water partition coefficient (Wildman–Crippen LogP) is 2.95. The number of rotatable bonds is 3. The lowest BCUT2D eigenvalue weighted by Crippen LogP contribution is -2.13. The molecule has 0 fully saturated rings. The minimum Gasteiger partial charge on any atom is -0.299 e. The molecule has 4 heteroatoms. The number of hydrogen-bond acceptors (Lipinski definition) is 3. The molecule has 0 aliphatic heterocycles. The Kier molecular flexibility index (Phi) is 3.69. The van der Waals surface area contributed by atoms with Gasteiger partial charge in [0.2, 0.25) is 0 Å². The van der Waals surface area contributed by atoms with Gasteiger partial charge >= 0.3 is 0 Å². The summed E-state index contributed by atoms with van der Waals surface area (Å²) >= 11 is 0. The molecule has 0 aliphatic carbocycles. The fourth-order valence-corrected chi connectivity index (χ4v) is 2.02. The Morgan fingerprint density at radius 2 is 1.89 bits per heavy atom. The van der Waals surface area contributed by atoms with Crippen molar-refractivity contribution in [3.8, 4) is 0 Å². The largest absolute Gasteiger partial charge is 0.299 e.